The van der Waals surface area contributed by atoms with Crippen LogP contribution in [0.15, 0.2) is 101 Å². The van der Waals surface area contributed by atoms with Gasteiger partial charge in [0.1, 0.15) is 17.0 Å². The number of benzene rings is 4. The van der Waals surface area contributed by atoms with Crippen LogP contribution in [0.3, 0.4) is 0 Å². The normalized spacial score (nSPS) is 11.3. The van der Waals surface area contributed by atoms with Gasteiger partial charge in [0.2, 0.25) is 0 Å². The van der Waals surface area contributed by atoms with Crippen molar-refractivity contribution in [1.29, 1.82) is 0 Å². The van der Waals surface area contributed by atoms with Gasteiger partial charge in [-0.2, -0.15) is 0 Å². The Labute approximate surface area is 185 Å². The van der Waals surface area contributed by atoms with Crippen LogP contribution < -0.4 is 0 Å². The van der Waals surface area contributed by atoms with Crippen molar-refractivity contribution < 1.29 is 4.42 Å². The second kappa shape index (κ2) is 7.43. The summed E-state index contributed by atoms with van der Waals surface area (Å²) in [5.41, 5.74) is 5.90. The minimum absolute atomic E-state index is 0.671. The van der Waals surface area contributed by atoms with Gasteiger partial charge in [-0.1, -0.05) is 91.0 Å². The molecule has 2 heterocycles. The van der Waals surface area contributed by atoms with Gasteiger partial charge in [-0.3, -0.25) is 0 Å². The third-order valence-electron chi connectivity index (χ3n) is 5.64. The van der Waals surface area contributed by atoms with Crippen LogP contribution in [0.4, 0.5) is 0 Å². The number of fused-ring (bicyclic) bond motifs is 3. The molecular formula is C28H19N3O. The Kier molecular flexibility index (Phi) is 4.29. The molecule has 0 spiro atoms. The molecular weight excluding hydrogens is 394 g/mol. The molecule has 32 heavy (non-hydrogen) atoms. The number of nitrogens with zero attached hydrogens (tertiary/aromatic N) is 3. The average molecular weight is 413 g/mol. The number of aromatic nitrogens is 3. The summed E-state index contributed by atoms with van der Waals surface area (Å²) in [5, 5.41) is 2.26. The Bertz CT molecular complexity index is 1570. The maximum absolute atomic E-state index is 6.20. The van der Waals surface area contributed by atoms with Crippen molar-refractivity contribution in [2.75, 3.05) is 0 Å². The Hall–Kier alpha value is -4.31. The molecule has 4 aromatic carbocycles. The molecule has 0 unspecified atom stereocenters. The smallest absolute Gasteiger partial charge is 0.163 e. The summed E-state index contributed by atoms with van der Waals surface area (Å²) in [4.78, 5) is 13.8. The summed E-state index contributed by atoms with van der Waals surface area (Å²) in [7, 11) is 0. The lowest BCUT2D eigenvalue weighted by atomic mass is 10.0. The maximum atomic E-state index is 6.20. The highest BCUT2D eigenvalue weighted by molar-refractivity contribution is 6.09. The highest BCUT2D eigenvalue weighted by Crippen LogP contribution is 2.36. The minimum atomic E-state index is 0.671. The molecule has 0 N–H and O–H groups in total. The van der Waals surface area contributed by atoms with E-state index in [-0.39, 0.29) is 0 Å². The standard InChI is InChI=1S/C28H19N3O/c1-18-29-27(20-8-3-2-4-9-20)31-28(30-18)21-16-14-19(15-17-21)22-11-7-12-24-23-10-5-6-13-25(23)32-26(22)24/h2-17H,1H3. The topological polar surface area (TPSA) is 51.8 Å². The van der Waals surface area contributed by atoms with E-state index in [1.54, 1.807) is 0 Å². The van der Waals surface area contributed by atoms with Crippen LogP contribution in [0.25, 0.3) is 55.8 Å². The molecule has 0 aliphatic heterocycles. The summed E-state index contributed by atoms with van der Waals surface area (Å²) in [6, 6.07) is 32.7. The summed E-state index contributed by atoms with van der Waals surface area (Å²) >= 11 is 0. The number of rotatable bonds is 3. The van der Waals surface area contributed by atoms with E-state index in [9.17, 15) is 0 Å². The third kappa shape index (κ3) is 3.13. The average Bonchev–Trinajstić information content (AvgIpc) is 3.23. The minimum Gasteiger partial charge on any atom is -0.455 e. The second-order valence-electron chi connectivity index (χ2n) is 7.75. The Morgan fingerprint density at radius 1 is 0.531 bits per heavy atom. The van der Waals surface area contributed by atoms with Crippen molar-refractivity contribution in [2.45, 2.75) is 6.92 Å². The van der Waals surface area contributed by atoms with E-state index in [4.69, 9.17) is 9.40 Å². The van der Waals surface area contributed by atoms with Crippen LogP contribution in [0.2, 0.25) is 0 Å². The first-order chi connectivity index (χ1) is 15.8. The van der Waals surface area contributed by atoms with E-state index in [1.807, 2.05) is 55.5 Å². The first-order valence-electron chi connectivity index (χ1n) is 10.6. The molecule has 0 aliphatic carbocycles. The molecule has 4 nitrogen and oxygen atoms in total. The molecule has 0 amide bonds. The van der Waals surface area contributed by atoms with Crippen LogP contribution in [0, 0.1) is 6.92 Å². The largest absolute Gasteiger partial charge is 0.455 e. The summed E-state index contributed by atoms with van der Waals surface area (Å²) in [6.07, 6.45) is 0. The Morgan fingerprint density at radius 2 is 1.16 bits per heavy atom. The van der Waals surface area contributed by atoms with Crippen molar-refractivity contribution in [3.63, 3.8) is 0 Å². The van der Waals surface area contributed by atoms with Crippen LogP contribution in [-0.2, 0) is 0 Å². The zero-order valence-corrected chi connectivity index (χ0v) is 17.5. The fourth-order valence-corrected chi connectivity index (χ4v) is 4.10. The molecule has 152 valence electrons. The second-order valence-corrected chi connectivity index (χ2v) is 7.75. The van der Waals surface area contributed by atoms with Gasteiger partial charge >= 0.3 is 0 Å². The molecule has 6 rings (SSSR count). The maximum Gasteiger partial charge on any atom is 0.163 e. The van der Waals surface area contributed by atoms with Gasteiger partial charge in [0.15, 0.2) is 11.6 Å². The van der Waals surface area contributed by atoms with Crippen molar-refractivity contribution in [3.05, 3.63) is 103 Å². The monoisotopic (exact) mass is 413 g/mol. The predicted molar refractivity (Wildman–Crippen MR) is 128 cm³/mol. The fraction of sp³-hybridized carbons (Fsp3) is 0.0357. The highest BCUT2D eigenvalue weighted by atomic mass is 16.3. The van der Waals surface area contributed by atoms with Gasteiger partial charge in [0.05, 0.1) is 0 Å². The molecule has 4 heteroatoms. The Morgan fingerprint density at radius 3 is 1.94 bits per heavy atom. The zero-order valence-electron chi connectivity index (χ0n) is 17.5. The lowest BCUT2D eigenvalue weighted by molar-refractivity contribution is 0.670. The summed E-state index contributed by atoms with van der Waals surface area (Å²) in [6.45, 7) is 1.90. The molecule has 0 bridgehead atoms. The van der Waals surface area contributed by atoms with Crippen LogP contribution >= 0.6 is 0 Å². The van der Waals surface area contributed by atoms with E-state index >= 15 is 0 Å². The van der Waals surface area contributed by atoms with Gasteiger partial charge in [0, 0.05) is 27.5 Å². The van der Waals surface area contributed by atoms with Crippen molar-refractivity contribution >= 4 is 21.9 Å². The number of furan rings is 1. The number of aryl methyl sites for hydroxylation is 1. The quantitative estimate of drug-likeness (QED) is 0.311. The SMILES string of the molecule is Cc1nc(-c2ccccc2)nc(-c2ccc(-c3cccc4c3oc3ccccc34)cc2)n1. The van der Waals surface area contributed by atoms with E-state index < -0.39 is 0 Å². The molecule has 6 aromatic rings. The molecule has 0 aliphatic rings. The van der Waals surface area contributed by atoms with Gasteiger partial charge < -0.3 is 4.42 Å². The van der Waals surface area contributed by atoms with E-state index in [0.29, 0.717) is 17.5 Å². The fourth-order valence-electron chi connectivity index (χ4n) is 4.10. The molecule has 2 aromatic heterocycles. The van der Waals surface area contributed by atoms with Gasteiger partial charge in [0.25, 0.3) is 0 Å². The van der Waals surface area contributed by atoms with E-state index in [0.717, 1.165) is 44.2 Å². The number of hydrogen-bond acceptors (Lipinski definition) is 4. The third-order valence-corrected chi connectivity index (χ3v) is 5.64. The number of hydrogen-bond donors (Lipinski definition) is 0. The van der Waals surface area contributed by atoms with Gasteiger partial charge in [-0.25, -0.2) is 15.0 Å². The molecule has 0 atom stereocenters. The summed E-state index contributed by atoms with van der Waals surface area (Å²) in [5.74, 6) is 2.05. The first-order valence-corrected chi connectivity index (χ1v) is 10.6. The van der Waals surface area contributed by atoms with Crippen molar-refractivity contribution in [1.82, 2.24) is 15.0 Å². The van der Waals surface area contributed by atoms with E-state index in [1.165, 1.54) is 0 Å². The van der Waals surface area contributed by atoms with Crippen LogP contribution in [0.5, 0.6) is 0 Å². The summed E-state index contributed by atoms with van der Waals surface area (Å²) < 4.78 is 6.20. The predicted octanol–water partition coefficient (Wildman–Crippen LogP) is 7.08. The van der Waals surface area contributed by atoms with Crippen molar-refractivity contribution in [2.24, 2.45) is 0 Å². The van der Waals surface area contributed by atoms with Gasteiger partial charge in [-0.15, -0.1) is 0 Å². The first kappa shape index (κ1) is 18.5. The Balaban J connectivity index is 1.42. The zero-order chi connectivity index (χ0) is 21.5. The van der Waals surface area contributed by atoms with Crippen molar-refractivity contribution in [3.8, 4) is 33.9 Å². The van der Waals surface area contributed by atoms with Gasteiger partial charge in [-0.05, 0) is 18.6 Å². The molecule has 0 fully saturated rings. The molecule has 0 radical (unpaired) electrons. The molecule has 0 saturated heterocycles. The number of para-hydroxylation sites is 2. The van der Waals surface area contributed by atoms with Crippen LogP contribution in [0.1, 0.15) is 5.82 Å². The van der Waals surface area contributed by atoms with E-state index in [2.05, 4.69) is 58.5 Å². The van der Waals surface area contributed by atoms with Crippen LogP contribution in [-0.4, -0.2) is 15.0 Å². The lowest BCUT2D eigenvalue weighted by Gasteiger charge is -2.07. The lowest BCUT2D eigenvalue weighted by Crippen LogP contribution is -1.99. The highest BCUT2D eigenvalue weighted by Gasteiger charge is 2.13. The molecule has 0 saturated carbocycles.